The van der Waals surface area contributed by atoms with E-state index >= 15 is 0 Å². The van der Waals surface area contributed by atoms with Gasteiger partial charge in [0.15, 0.2) is 0 Å². The summed E-state index contributed by atoms with van der Waals surface area (Å²) in [4.78, 5) is 10.6. The van der Waals surface area contributed by atoms with Gasteiger partial charge in [0.2, 0.25) is 0 Å². The summed E-state index contributed by atoms with van der Waals surface area (Å²) in [6, 6.07) is 4.51. The lowest BCUT2D eigenvalue weighted by Gasteiger charge is -2.42. The highest BCUT2D eigenvalue weighted by Crippen LogP contribution is 2.38. The highest BCUT2D eigenvalue weighted by atomic mass is 35.5. The van der Waals surface area contributed by atoms with Crippen molar-refractivity contribution < 1.29 is 19.0 Å². The molecule has 92 valence electrons. The SMILES string of the molecule is O=C(O)CCC1(c2ccc(F)c(Cl)c2)COC1. The molecule has 0 amide bonds. The molecule has 3 nitrogen and oxygen atoms in total. The number of hydrogen-bond acceptors (Lipinski definition) is 2. The molecule has 1 saturated heterocycles. The number of benzene rings is 1. The lowest BCUT2D eigenvalue weighted by molar-refractivity contribution is -0.139. The van der Waals surface area contributed by atoms with Gasteiger partial charge in [-0.15, -0.1) is 0 Å². The summed E-state index contributed by atoms with van der Waals surface area (Å²) in [5, 5.41) is 8.77. The third kappa shape index (κ3) is 2.42. The van der Waals surface area contributed by atoms with E-state index in [0.29, 0.717) is 19.6 Å². The molecule has 5 heteroatoms. The predicted octanol–water partition coefficient (Wildman–Crippen LogP) is 2.61. The highest BCUT2D eigenvalue weighted by Gasteiger charge is 2.40. The lowest BCUT2D eigenvalue weighted by Crippen LogP contribution is -2.47. The van der Waals surface area contributed by atoms with Crippen LogP contribution in [0.5, 0.6) is 0 Å². The number of ether oxygens (including phenoxy) is 1. The maximum atomic E-state index is 13.1. The summed E-state index contributed by atoms with van der Waals surface area (Å²) in [6.07, 6.45) is 0.544. The summed E-state index contributed by atoms with van der Waals surface area (Å²) < 4.78 is 18.2. The number of hydrogen-bond donors (Lipinski definition) is 1. The molecule has 1 fully saturated rings. The number of carboxylic acids is 1. The van der Waals surface area contributed by atoms with E-state index in [0.717, 1.165) is 5.56 Å². The topological polar surface area (TPSA) is 46.5 Å². The molecule has 0 aliphatic carbocycles. The molecule has 0 atom stereocenters. The van der Waals surface area contributed by atoms with E-state index in [1.807, 2.05) is 0 Å². The first-order valence-electron chi connectivity index (χ1n) is 5.29. The summed E-state index contributed by atoms with van der Waals surface area (Å²) in [5.41, 5.74) is 0.520. The van der Waals surface area contributed by atoms with Gasteiger partial charge in [0.05, 0.1) is 18.2 Å². The summed E-state index contributed by atoms with van der Waals surface area (Å²) in [6.45, 7) is 0.921. The van der Waals surface area contributed by atoms with Crippen LogP contribution < -0.4 is 0 Å². The summed E-state index contributed by atoms with van der Waals surface area (Å²) in [7, 11) is 0. The largest absolute Gasteiger partial charge is 0.481 e. The van der Waals surface area contributed by atoms with E-state index in [1.54, 1.807) is 12.1 Å². The Morgan fingerprint density at radius 2 is 2.24 bits per heavy atom. The van der Waals surface area contributed by atoms with Gasteiger partial charge in [-0.3, -0.25) is 4.79 Å². The van der Waals surface area contributed by atoms with Crippen molar-refractivity contribution in [1.82, 2.24) is 0 Å². The number of aliphatic carboxylic acids is 1. The van der Waals surface area contributed by atoms with Crippen LogP contribution in [0.1, 0.15) is 18.4 Å². The minimum Gasteiger partial charge on any atom is -0.481 e. The average molecular weight is 259 g/mol. The second-order valence-electron chi connectivity index (χ2n) is 4.30. The third-order valence-electron chi connectivity index (χ3n) is 3.11. The van der Waals surface area contributed by atoms with Crippen LogP contribution in [0.4, 0.5) is 4.39 Å². The van der Waals surface area contributed by atoms with Gasteiger partial charge in [-0.05, 0) is 24.1 Å². The number of carbonyl (C=O) groups is 1. The molecular weight excluding hydrogens is 247 g/mol. The molecule has 0 aromatic heterocycles. The minimum absolute atomic E-state index is 0.0594. The Labute approximate surface area is 103 Å². The number of halogens is 2. The molecule has 1 aliphatic rings. The van der Waals surface area contributed by atoms with Gasteiger partial charge in [0.1, 0.15) is 5.82 Å². The van der Waals surface area contributed by atoms with Crippen molar-refractivity contribution in [1.29, 1.82) is 0 Å². The van der Waals surface area contributed by atoms with Crippen molar-refractivity contribution in [3.63, 3.8) is 0 Å². The monoisotopic (exact) mass is 258 g/mol. The van der Waals surface area contributed by atoms with E-state index in [1.165, 1.54) is 6.07 Å². The first-order chi connectivity index (χ1) is 8.03. The quantitative estimate of drug-likeness (QED) is 0.903. The van der Waals surface area contributed by atoms with Crippen molar-refractivity contribution in [3.05, 3.63) is 34.6 Å². The fraction of sp³-hybridized carbons (Fsp3) is 0.417. The van der Waals surface area contributed by atoms with Crippen LogP contribution in [0.3, 0.4) is 0 Å². The average Bonchev–Trinajstić information content (AvgIpc) is 2.21. The number of rotatable bonds is 4. The van der Waals surface area contributed by atoms with Crippen molar-refractivity contribution in [3.8, 4) is 0 Å². The van der Waals surface area contributed by atoms with Crippen molar-refractivity contribution in [2.75, 3.05) is 13.2 Å². The van der Waals surface area contributed by atoms with Gasteiger partial charge in [-0.1, -0.05) is 17.7 Å². The molecule has 1 aromatic rings. The molecule has 1 N–H and O–H groups in total. The van der Waals surface area contributed by atoms with Crippen molar-refractivity contribution >= 4 is 17.6 Å². The van der Waals surface area contributed by atoms with Gasteiger partial charge in [-0.2, -0.15) is 0 Å². The molecule has 0 bridgehead atoms. The van der Waals surface area contributed by atoms with Crippen LogP contribution >= 0.6 is 11.6 Å². The fourth-order valence-corrected chi connectivity index (χ4v) is 2.16. The second-order valence-corrected chi connectivity index (χ2v) is 4.70. The van der Waals surface area contributed by atoms with Gasteiger partial charge in [0.25, 0.3) is 0 Å². The molecule has 2 rings (SSSR count). The smallest absolute Gasteiger partial charge is 0.303 e. The second kappa shape index (κ2) is 4.63. The molecule has 0 spiro atoms. The van der Waals surface area contributed by atoms with Crippen molar-refractivity contribution in [2.24, 2.45) is 0 Å². The number of carboxylic acid groups (broad SMARTS) is 1. The predicted molar refractivity (Wildman–Crippen MR) is 60.8 cm³/mol. The summed E-state index contributed by atoms with van der Waals surface area (Å²) in [5.74, 6) is -1.31. The van der Waals surface area contributed by atoms with Gasteiger partial charge in [-0.25, -0.2) is 4.39 Å². The standard InChI is InChI=1S/C12H12ClFO3/c13-9-5-8(1-2-10(9)14)12(6-17-7-12)4-3-11(15)16/h1-2,5H,3-4,6-7H2,(H,15,16). The van der Waals surface area contributed by atoms with Gasteiger partial charge < -0.3 is 9.84 Å². The fourth-order valence-electron chi connectivity index (χ4n) is 1.98. The Bertz CT molecular complexity index is 443. The molecule has 0 unspecified atom stereocenters. The zero-order chi connectivity index (χ0) is 12.5. The Hall–Kier alpha value is -1.13. The molecular formula is C12H12ClFO3. The first kappa shape index (κ1) is 12.3. The lowest BCUT2D eigenvalue weighted by atomic mass is 9.75. The zero-order valence-electron chi connectivity index (χ0n) is 9.08. The summed E-state index contributed by atoms with van der Waals surface area (Å²) >= 11 is 5.73. The van der Waals surface area contributed by atoms with Crippen LogP contribution in [0.25, 0.3) is 0 Å². The van der Waals surface area contributed by atoms with Crippen LogP contribution in [0.2, 0.25) is 5.02 Å². The van der Waals surface area contributed by atoms with E-state index in [9.17, 15) is 9.18 Å². The Morgan fingerprint density at radius 3 is 2.71 bits per heavy atom. The van der Waals surface area contributed by atoms with Crippen LogP contribution in [-0.2, 0) is 14.9 Å². The van der Waals surface area contributed by atoms with E-state index < -0.39 is 11.8 Å². The molecule has 1 aromatic carbocycles. The van der Waals surface area contributed by atoms with Gasteiger partial charge in [0, 0.05) is 11.8 Å². The molecule has 1 heterocycles. The van der Waals surface area contributed by atoms with Crippen molar-refractivity contribution in [2.45, 2.75) is 18.3 Å². The minimum atomic E-state index is -0.843. The van der Waals surface area contributed by atoms with Crippen LogP contribution in [0, 0.1) is 5.82 Å². The van der Waals surface area contributed by atoms with Crippen LogP contribution in [0.15, 0.2) is 18.2 Å². The third-order valence-corrected chi connectivity index (χ3v) is 3.40. The molecule has 0 radical (unpaired) electrons. The Balaban J connectivity index is 2.22. The Morgan fingerprint density at radius 1 is 1.53 bits per heavy atom. The molecule has 1 aliphatic heterocycles. The Kier molecular flexibility index (Phi) is 3.35. The maximum Gasteiger partial charge on any atom is 0.303 e. The maximum absolute atomic E-state index is 13.1. The zero-order valence-corrected chi connectivity index (χ0v) is 9.84. The van der Waals surface area contributed by atoms with E-state index in [-0.39, 0.29) is 16.9 Å². The first-order valence-corrected chi connectivity index (χ1v) is 5.66. The highest BCUT2D eigenvalue weighted by molar-refractivity contribution is 6.30. The van der Waals surface area contributed by atoms with E-state index in [2.05, 4.69) is 0 Å². The van der Waals surface area contributed by atoms with Crippen LogP contribution in [-0.4, -0.2) is 24.3 Å². The van der Waals surface area contributed by atoms with E-state index in [4.69, 9.17) is 21.4 Å². The normalized spacial score (nSPS) is 17.5. The molecule has 0 saturated carbocycles. The van der Waals surface area contributed by atoms with Gasteiger partial charge >= 0.3 is 5.97 Å². The molecule has 17 heavy (non-hydrogen) atoms.